The topological polar surface area (TPSA) is 78.9 Å². The molecule has 1 aliphatic rings. The lowest BCUT2D eigenvalue weighted by Gasteiger charge is -2.29. The molecule has 0 aromatic heterocycles. The summed E-state index contributed by atoms with van der Waals surface area (Å²) in [5.74, 6) is -0.371. The number of carbonyl (C=O) groups excluding carboxylic acids is 1. The summed E-state index contributed by atoms with van der Waals surface area (Å²) in [6.45, 7) is 11.0. The maximum atomic E-state index is 12.0. The van der Waals surface area contributed by atoms with Gasteiger partial charge in [0.1, 0.15) is 11.6 Å². The molecular formula is C16H30N2O4. The maximum absolute atomic E-state index is 12.0. The van der Waals surface area contributed by atoms with E-state index in [0.717, 1.165) is 19.4 Å². The third kappa shape index (κ3) is 6.64. The Balaban J connectivity index is 2.64. The molecule has 0 bridgehead atoms. The highest BCUT2D eigenvalue weighted by Crippen LogP contribution is 2.19. The molecular weight excluding hydrogens is 284 g/mol. The fourth-order valence-corrected chi connectivity index (χ4v) is 2.83. The second-order valence-electron chi connectivity index (χ2n) is 7.46. The number of amides is 1. The summed E-state index contributed by atoms with van der Waals surface area (Å²) in [4.78, 5) is 25.2. The molecule has 0 unspecified atom stereocenters. The van der Waals surface area contributed by atoms with E-state index in [1.54, 1.807) is 0 Å². The molecule has 1 rings (SSSR count). The summed E-state index contributed by atoms with van der Waals surface area (Å²) in [7, 11) is 0. The maximum Gasteiger partial charge on any atom is 0.407 e. The molecule has 0 aromatic carbocycles. The first-order valence-corrected chi connectivity index (χ1v) is 8.05. The highest BCUT2D eigenvalue weighted by atomic mass is 16.6. The van der Waals surface area contributed by atoms with Crippen LogP contribution in [-0.4, -0.2) is 52.8 Å². The molecule has 1 aliphatic heterocycles. The molecule has 1 saturated heterocycles. The number of carboxylic acids is 1. The molecule has 6 heteroatoms. The van der Waals surface area contributed by atoms with E-state index in [4.69, 9.17) is 4.74 Å². The second kappa shape index (κ2) is 7.81. The zero-order valence-electron chi connectivity index (χ0n) is 14.4. The quantitative estimate of drug-likeness (QED) is 0.787. The minimum Gasteiger partial charge on any atom is -0.480 e. The molecule has 0 aromatic rings. The highest BCUT2D eigenvalue weighted by molar-refractivity contribution is 5.73. The summed E-state index contributed by atoms with van der Waals surface area (Å²) in [5.41, 5.74) is -0.538. The number of nitrogens with zero attached hydrogens (tertiary/aromatic N) is 1. The number of alkyl carbamates (subject to hydrolysis) is 1. The second-order valence-corrected chi connectivity index (χ2v) is 7.46. The third-order valence-corrected chi connectivity index (χ3v) is 3.58. The largest absolute Gasteiger partial charge is 0.480 e. The van der Waals surface area contributed by atoms with Crippen molar-refractivity contribution in [2.75, 3.05) is 13.1 Å². The molecule has 0 aliphatic carbocycles. The van der Waals surface area contributed by atoms with Crippen molar-refractivity contribution in [1.82, 2.24) is 10.2 Å². The number of likely N-dealkylation sites (tertiary alicyclic amines) is 1. The van der Waals surface area contributed by atoms with Crippen LogP contribution in [0.25, 0.3) is 0 Å². The Morgan fingerprint density at radius 2 is 2.00 bits per heavy atom. The van der Waals surface area contributed by atoms with E-state index in [2.05, 4.69) is 19.2 Å². The van der Waals surface area contributed by atoms with Crippen molar-refractivity contribution in [2.24, 2.45) is 5.92 Å². The van der Waals surface area contributed by atoms with Gasteiger partial charge in [0, 0.05) is 12.6 Å². The van der Waals surface area contributed by atoms with Crippen molar-refractivity contribution < 1.29 is 19.4 Å². The van der Waals surface area contributed by atoms with Gasteiger partial charge in [0.25, 0.3) is 0 Å². The predicted octanol–water partition coefficient (Wildman–Crippen LogP) is 2.47. The first kappa shape index (κ1) is 18.7. The van der Waals surface area contributed by atoms with Crippen LogP contribution in [0.5, 0.6) is 0 Å². The first-order valence-electron chi connectivity index (χ1n) is 8.05. The van der Waals surface area contributed by atoms with E-state index >= 15 is 0 Å². The van der Waals surface area contributed by atoms with Gasteiger partial charge in [-0.2, -0.15) is 0 Å². The van der Waals surface area contributed by atoms with Crippen molar-refractivity contribution in [3.8, 4) is 0 Å². The zero-order chi connectivity index (χ0) is 16.9. The van der Waals surface area contributed by atoms with Crippen LogP contribution in [0, 0.1) is 5.92 Å². The van der Waals surface area contributed by atoms with Crippen LogP contribution in [0.2, 0.25) is 0 Å². The van der Waals surface area contributed by atoms with Gasteiger partial charge in [-0.3, -0.25) is 9.69 Å². The molecule has 1 fully saturated rings. The summed E-state index contributed by atoms with van der Waals surface area (Å²) < 4.78 is 5.30. The Bertz CT molecular complexity index is 390. The van der Waals surface area contributed by atoms with E-state index in [9.17, 15) is 14.7 Å². The van der Waals surface area contributed by atoms with Crippen molar-refractivity contribution in [1.29, 1.82) is 0 Å². The number of carboxylic acid groups (broad SMARTS) is 1. The van der Waals surface area contributed by atoms with E-state index in [-0.39, 0.29) is 6.04 Å². The molecule has 2 atom stereocenters. The first-order chi connectivity index (χ1) is 10.1. The number of hydrogen-bond donors (Lipinski definition) is 2. The average molecular weight is 314 g/mol. The van der Waals surface area contributed by atoms with E-state index < -0.39 is 23.7 Å². The Kier molecular flexibility index (Phi) is 6.66. The van der Waals surface area contributed by atoms with Gasteiger partial charge in [0.15, 0.2) is 0 Å². The van der Waals surface area contributed by atoms with Gasteiger partial charge >= 0.3 is 12.1 Å². The van der Waals surface area contributed by atoms with Gasteiger partial charge in [-0.1, -0.05) is 13.8 Å². The number of carbonyl (C=O) groups is 2. The SMILES string of the molecule is CC(C)C[C@H](CN1CCC[C@H]1C(=O)O)NC(=O)OC(C)(C)C. The predicted molar refractivity (Wildman–Crippen MR) is 84.8 cm³/mol. The van der Waals surface area contributed by atoms with Crippen molar-refractivity contribution >= 4 is 12.1 Å². The molecule has 0 radical (unpaired) electrons. The van der Waals surface area contributed by atoms with E-state index in [1.165, 1.54) is 0 Å². The number of hydrogen-bond acceptors (Lipinski definition) is 4. The van der Waals surface area contributed by atoms with Crippen LogP contribution in [0.4, 0.5) is 4.79 Å². The molecule has 6 nitrogen and oxygen atoms in total. The number of rotatable bonds is 6. The molecule has 128 valence electrons. The Hall–Kier alpha value is -1.30. The van der Waals surface area contributed by atoms with Crippen molar-refractivity contribution in [3.05, 3.63) is 0 Å². The lowest BCUT2D eigenvalue weighted by atomic mass is 10.0. The van der Waals surface area contributed by atoms with Gasteiger partial charge < -0.3 is 15.2 Å². The van der Waals surface area contributed by atoms with Gasteiger partial charge in [-0.05, 0) is 52.5 Å². The fourth-order valence-electron chi connectivity index (χ4n) is 2.83. The van der Waals surface area contributed by atoms with Gasteiger partial charge in [-0.15, -0.1) is 0 Å². The average Bonchev–Trinajstić information content (AvgIpc) is 2.72. The molecule has 1 heterocycles. The molecule has 2 N–H and O–H groups in total. The van der Waals surface area contributed by atoms with Crippen LogP contribution >= 0.6 is 0 Å². The fraction of sp³-hybridized carbons (Fsp3) is 0.875. The lowest BCUT2D eigenvalue weighted by Crippen LogP contribution is -2.48. The minimum absolute atomic E-state index is 0.102. The molecule has 22 heavy (non-hydrogen) atoms. The summed E-state index contributed by atoms with van der Waals surface area (Å²) >= 11 is 0. The Morgan fingerprint density at radius 3 is 2.50 bits per heavy atom. The lowest BCUT2D eigenvalue weighted by molar-refractivity contribution is -0.142. The monoisotopic (exact) mass is 314 g/mol. The number of aliphatic carboxylic acids is 1. The van der Waals surface area contributed by atoms with Gasteiger partial charge in [0.05, 0.1) is 0 Å². The zero-order valence-corrected chi connectivity index (χ0v) is 14.4. The summed E-state index contributed by atoms with van der Waals surface area (Å²) in [6, 6.07) is -0.537. The minimum atomic E-state index is -0.780. The van der Waals surface area contributed by atoms with Crippen LogP contribution in [0.3, 0.4) is 0 Å². The Labute approximate surface area is 133 Å². The van der Waals surface area contributed by atoms with Crippen LogP contribution in [0.15, 0.2) is 0 Å². The standard InChI is InChI=1S/C16H30N2O4/c1-11(2)9-12(17-15(21)22-16(3,4)5)10-18-8-6-7-13(18)14(19)20/h11-13H,6-10H2,1-5H3,(H,17,21)(H,19,20)/t12-,13+/m1/s1. The smallest absolute Gasteiger partial charge is 0.407 e. The number of ether oxygens (including phenoxy) is 1. The highest BCUT2D eigenvalue weighted by Gasteiger charge is 2.32. The van der Waals surface area contributed by atoms with Gasteiger partial charge in [0.2, 0.25) is 0 Å². The van der Waals surface area contributed by atoms with E-state index in [0.29, 0.717) is 18.9 Å². The molecule has 1 amide bonds. The van der Waals surface area contributed by atoms with Crippen LogP contribution < -0.4 is 5.32 Å². The number of nitrogens with one attached hydrogen (secondary N) is 1. The van der Waals surface area contributed by atoms with Crippen molar-refractivity contribution in [3.63, 3.8) is 0 Å². The van der Waals surface area contributed by atoms with Crippen LogP contribution in [0.1, 0.15) is 53.9 Å². The summed E-state index contributed by atoms with van der Waals surface area (Å²) in [5, 5.41) is 12.2. The normalized spacial score (nSPS) is 20.9. The van der Waals surface area contributed by atoms with Gasteiger partial charge in [-0.25, -0.2) is 4.79 Å². The van der Waals surface area contributed by atoms with E-state index in [1.807, 2.05) is 25.7 Å². The third-order valence-electron chi connectivity index (χ3n) is 3.58. The molecule has 0 saturated carbocycles. The Morgan fingerprint density at radius 1 is 1.36 bits per heavy atom. The van der Waals surface area contributed by atoms with Crippen LogP contribution in [-0.2, 0) is 9.53 Å². The van der Waals surface area contributed by atoms with Crippen molar-refractivity contribution in [2.45, 2.75) is 71.6 Å². The summed E-state index contributed by atoms with van der Waals surface area (Å²) in [6.07, 6.45) is 1.92. The molecule has 0 spiro atoms.